The molecular formula is C21H22F3NO5S. The first-order valence-corrected chi connectivity index (χ1v) is 10.7. The number of ether oxygens (including phenoxy) is 1. The third kappa shape index (κ3) is 6.63. The second kappa shape index (κ2) is 10.5. The number of alkyl halides is 3. The number of amides is 1. The summed E-state index contributed by atoms with van der Waals surface area (Å²) < 4.78 is 54.5. The number of hydrogen-bond acceptors (Lipinski definition) is 5. The van der Waals surface area contributed by atoms with Crippen LogP contribution in [0, 0.1) is 0 Å². The number of carbonyl (C=O) groups excluding carboxylic acids is 2. The van der Waals surface area contributed by atoms with Crippen molar-refractivity contribution in [2.24, 2.45) is 0 Å². The summed E-state index contributed by atoms with van der Waals surface area (Å²) in [4.78, 5) is 29.6. The first-order valence-electron chi connectivity index (χ1n) is 9.08. The summed E-state index contributed by atoms with van der Waals surface area (Å²) in [5, 5.41) is 0.206. The van der Waals surface area contributed by atoms with Gasteiger partial charge in [0, 0.05) is 22.6 Å². The van der Waals surface area contributed by atoms with E-state index in [-0.39, 0.29) is 18.5 Å². The minimum absolute atomic E-state index is 0.0472. The van der Waals surface area contributed by atoms with Gasteiger partial charge in [0.15, 0.2) is 0 Å². The van der Waals surface area contributed by atoms with Crippen molar-refractivity contribution in [3.63, 3.8) is 0 Å². The van der Waals surface area contributed by atoms with Crippen molar-refractivity contribution in [3.05, 3.63) is 70.8 Å². The Balaban J connectivity index is 2.10. The van der Waals surface area contributed by atoms with Gasteiger partial charge in [0.1, 0.15) is 5.25 Å². The Kier molecular flexibility index (Phi) is 8.35. The van der Waals surface area contributed by atoms with Crippen molar-refractivity contribution in [1.82, 2.24) is 5.06 Å². The minimum Gasteiger partial charge on any atom is -0.468 e. The molecule has 0 spiro atoms. The van der Waals surface area contributed by atoms with Crippen LogP contribution in [0.1, 0.15) is 27.0 Å². The average Bonchev–Trinajstić information content (AvgIpc) is 2.74. The van der Waals surface area contributed by atoms with E-state index in [2.05, 4.69) is 4.74 Å². The van der Waals surface area contributed by atoms with Gasteiger partial charge in [-0.05, 0) is 41.8 Å². The monoisotopic (exact) mass is 457 g/mol. The van der Waals surface area contributed by atoms with Crippen LogP contribution in [-0.2, 0) is 44.3 Å². The second-order valence-corrected chi connectivity index (χ2v) is 8.20. The van der Waals surface area contributed by atoms with Crippen LogP contribution in [0.3, 0.4) is 0 Å². The lowest BCUT2D eigenvalue weighted by molar-refractivity contribution is -0.140. The number of hydroxylamine groups is 2. The van der Waals surface area contributed by atoms with Gasteiger partial charge >= 0.3 is 12.1 Å². The van der Waals surface area contributed by atoms with Crippen molar-refractivity contribution in [1.29, 1.82) is 0 Å². The summed E-state index contributed by atoms with van der Waals surface area (Å²) >= 11 is 0. The number of nitrogens with zero attached hydrogens (tertiary/aromatic N) is 1. The lowest BCUT2D eigenvalue weighted by atomic mass is 10.1. The van der Waals surface area contributed by atoms with Gasteiger partial charge < -0.3 is 4.74 Å². The highest BCUT2D eigenvalue weighted by Crippen LogP contribution is 2.29. The molecule has 0 radical (unpaired) electrons. The summed E-state index contributed by atoms with van der Waals surface area (Å²) in [5.41, 5.74) is 0.658. The SMILES string of the molecule is COC(=O)C(Cc1ccc(C(=O)N(Cc2ccc(C(F)(F)F)cc2)OC)cc1)S(C)=O. The lowest BCUT2D eigenvalue weighted by Crippen LogP contribution is -2.30. The van der Waals surface area contributed by atoms with E-state index in [1.807, 2.05) is 0 Å². The molecule has 0 aliphatic rings. The molecule has 0 N–H and O–H groups in total. The van der Waals surface area contributed by atoms with E-state index in [0.29, 0.717) is 11.1 Å². The van der Waals surface area contributed by atoms with Crippen molar-refractivity contribution >= 4 is 22.7 Å². The summed E-state index contributed by atoms with van der Waals surface area (Å²) in [5.74, 6) is -1.07. The fourth-order valence-corrected chi connectivity index (χ4v) is 3.59. The number of rotatable bonds is 8. The molecule has 0 saturated heterocycles. The summed E-state index contributed by atoms with van der Waals surface area (Å²) in [6.45, 7) is -0.0472. The third-order valence-electron chi connectivity index (χ3n) is 4.54. The maximum atomic E-state index is 12.7. The molecule has 0 bridgehead atoms. The Labute approximate surface area is 180 Å². The normalized spacial score (nSPS) is 13.4. The Bertz CT molecular complexity index is 930. The van der Waals surface area contributed by atoms with E-state index >= 15 is 0 Å². The Morgan fingerprint density at radius 2 is 1.55 bits per heavy atom. The minimum atomic E-state index is -4.44. The van der Waals surface area contributed by atoms with Gasteiger partial charge in [0.25, 0.3) is 5.91 Å². The van der Waals surface area contributed by atoms with E-state index in [0.717, 1.165) is 17.2 Å². The molecule has 168 valence electrons. The predicted molar refractivity (Wildman–Crippen MR) is 108 cm³/mol. The highest BCUT2D eigenvalue weighted by Gasteiger charge is 2.30. The zero-order chi connectivity index (χ0) is 23.2. The highest BCUT2D eigenvalue weighted by molar-refractivity contribution is 7.85. The Morgan fingerprint density at radius 1 is 1.00 bits per heavy atom. The van der Waals surface area contributed by atoms with Crippen LogP contribution in [0.5, 0.6) is 0 Å². The van der Waals surface area contributed by atoms with Crippen LogP contribution in [0.4, 0.5) is 13.2 Å². The Morgan fingerprint density at radius 3 is 2.00 bits per heavy atom. The van der Waals surface area contributed by atoms with Gasteiger partial charge in [-0.25, -0.2) is 5.06 Å². The maximum absolute atomic E-state index is 12.7. The molecule has 0 aliphatic heterocycles. The molecule has 1 amide bonds. The van der Waals surface area contributed by atoms with E-state index in [1.54, 1.807) is 12.1 Å². The van der Waals surface area contributed by atoms with E-state index in [9.17, 15) is 27.0 Å². The standard InChI is InChI=1S/C21H22F3NO5S/c1-29-20(27)18(31(3)28)12-14-4-8-16(9-5-14)19(26)25(30-2)13-15-6-10-17(11-7-15)21(22,23)24/h4-11,18H,12-13H2,1-3H3. The van der Waals surface area contributed by atoms with Crippen molar-refractivity contribution in [2.75, 3.05) is 20.5 Å². The van der Waals surface area contributed by atoms with Gasteiger partial charge in [-0.2, -0.15) is 13.2 Å². The number of carbonyl (C=O) groups is 2. The van der Waals surface area contributed by atoms with Crippen molar-refractivity contribution in [2.45, 2.75) is 24.4 Å². The average molecular weight is 457 g/mol. The van der Waals surface area contributed by atoms with Crippen molar-refractivity contribution < 1.29 is 36.5 Å². The molecule has 2 aromatic rings. The number of benzene rings is 2. The van der Waals surface area contributed by atoms with E-state index in [4.69, 9.17) is 4.84 Å². The fourth-order valence-electron chi connectivity index (χ4n) is 2.79. The second-order valence-electron chi connectivity index (χ2n) is 6.63. The summed E-state index contributed by atoms with van der Waals surface area (Å²) in [6, 6.07) is 10.8. The number of esters is 1. The van der Waals surface area contributed by atoms with Crippen LogP contribution in [0.2, 0.25) is 0 Å². The molecule has 31 heavy (non-hydrogen) atoms. The molecule has 10 heteroatoms. The zero-order valence-electron chi connectivity index (χ0n) is 17.1. The first kappa shape index (κ1) is 24.5. The van der Waals surface area contributed by atoms with E-state index < -0.39 is 39.7 Å². The lowest BCUT2D eigenvalue weighted by Gasteiger charge is -2.20. The largest absolute Gasteiger partial charge is 0.468 e. The van der Waals surface area contributed by atoms with Gasteiger partial charge in [0.05, 0.1) is 26.3 Å². The summed E-state index contributed by atoms with van der Waals surface area (Å²) in [7, 11) is 1.08. The zero-order valence-corrected chi connectivity index (χ0v) is 18.0. The van der Waals surface area contributed by atoms with Crippen LogP contribution in [-0.4, -0.2) is 46.9 Å². The van der Waals surface area contributed by atoms with Crippen LogP contribution >= 0.6 is 0 Å². The Hall–Kier alpha value is -2.72. The molecule has 0 aromatic heterocycles. The fraction of sp³-hybridized carbons (Fsp3) is 0.333. The summed E-state index contributed by atoms with van der Waals surface area (Å²) in [6.07, 6.45) is -2.84. The molecule has 2 rings (SSSR count). The number of methoxy groups -OCH3 is 1. The van der Waals surface area contributed by atoms with Crippen LogP contribution in [0.15, 0.2) is 48.5 Å². The predicted octanol–water partition coefficient (Wildman–Crippen LogP) is 3.37. The molecule has 2 aromatic carbocycles. The molecule has 0 heterocycles. The van der Waals surface area contributed by atoms with Gasteiger partial charge in [-0.15, -0.1) is 0 Å². The number of halogens is 3. The molecule has 2 atom stereocenters. The molecule has 0 aliphatic carbocycles. The van der Waals surface area contributed by atoms with Gasteiger partial charge in [-0.3, -0.25) is 18.6 Å². The molecule has 0 saturated carbocycles. The third-order valence-corrected chi connectivity index (χ3v) is 5.70. The molecular weight excluding hydrogens is 435 g/mol. The van der Waals surface area contributed by atoms with Crippen molar-refractivity contribution in [3.8, 4) is 0 Å². The van der Waals surface area contributed by atoms with Gasteiger partial charge in [0.2, 0.25) is 0 Å². The van der Waals surface area contributed by atoms with Crippen LogP contribution in [0.25, 0.3) is 0 Å². The van der Waals surface area contributed by atoms with E-state index in [1.165, 1.54) is 44.7 Å². The smallest absolute Gasteiger partial charge is 0.416 e. The topological polar surface area (TPSA) is 72.9 Å². The molecule has 0 fully saturated rings. The molecule has 2 unspecified atom stereocenters. The molecule has 6 nitrogen and oxygen atoms in total. The quantitative estimate of drug-likeness (QED) is 0.449. The number of hydrogen-bond donors (Lipinski definition) is 0. The first-order chi connectivity index (χ1) is 14.6. The van der Waals surface area contributed by atoms with Crippen LogP contribution < -0.4 is 0 Å². The highest BCUT2D eigenvalue weighted by atomic mass is 32.2. The van der Waals surface area contributed by atoms with Gasteiger partial charge in [-0.1, -0.05) is 24.3 Å². The maximum Gasteiger partial charge on any atom is 0.416 e.